The Morgan fingerprint density at radius 2 is 2.21 bits per heavy atom. The summed E-state index contributed by atoms with van der Waals surface area (Å²) >= 11 is 0. The summed E-state index contributed by atoms with van der Waals surface area (Å²) in [5, 5.41) is 10.4. The Kier molecular flexibility index (Phi) is 2.40. The van der Waals surface area contributed by atoms with Gasteiger partial charge >= 0.3 is 11.9 Å². The van der Waals surface area contributed by atoms with Gasteiger partial charge in [0.25, 0.3) is 0 Å². The summed E-state index contributed by atoms with van der Waals surface area (Å²) in [5.74, 6) is -1.72. The number of hydrogen-bond acceptors (Lipinski definition) is 6. The van der Waals surface area contributed by atoms with Gasteiger partial charge in [-0.25, -0.2) is 9.59 Å². The van der Waals surface area contributed by atoms with Gasteiger partial charge in [-0.2, -0.15) is 0 Å². The summed E-state index contributed by atoms with van der Waals surface area (Å²) in [6.45, 7) is 2.15. The number of rotatable bonds is 1. The lowest BCUT2D eigenvalue weighted by atomic mass is 9.81. The number of carbonyl (C=O) groups is 3. The van der Waals surface area contributed by atoms with E-state index in [9.17, 15) is 19.5 Å². The Labute approximate surface area is 109 Å². The van der Waals surface area contributed by atoms with Crippen LogP contribution < -0.4 is 0 Å². The molecule has 1 N–H and O–H groups in total. The van der Waals surface area contributed by atoms with Crippen LogP contribution in [-0.2, 0) is 19.1 Å². The molecule has 0 aromatic rings. The van der Waals surface area contributed by atoms with Gasteiger partial charge in [-0.15, -0.1) is 0 Å². The lowest BCUT2D eigenvalue weighted by Gasteiger charge is -2.36. The average Bonchev–Trinajstić information content (AvgIpc) is 2.76. The normalized spacial score (nSPS) is 33.5. The van der Waals surface area contributed by atoms with Crippen LogP contribution in [0.2, 0.25) is 0 Å². The van der Waals surface area contributed by atoms with Crippen molar-refractivity contribution in [1.82, 2.24) is 4.90 Å². The highest BCUT2D eigenvalue weighted by molar-refractivity contribution is 6.09. The number of cyclic esters (lactones) is 2. The molecule has 0 bridgehead atoms. The molecule has 3 aliphatic rings. The van der Waals surface area contributed by atoms with Crippen LogP contribution in [0.1, 0.15) is 19.8 Å². The van der Waals surface area contributed by atoms with Crippen molar-refractivity contribution in [3.8, 4) is 0 Å². The van der Waals surface area contributed by atoms with Crippen LogP contribution in [-0.4, -0.2) is 45.9 Å². The topological polar surface area (TPSA) is 83.9 Å². The molecular formula is C13H13NO5. The molecule has 0 spiro atoms. The zero-order valence-electron chi connectivity index (χ0n) is 10.4. The smallest absolute Gasteiger partial charge is 0.350 e. The number of fused-ring (bicyclic) bond motifs is 2. The van der Waals surface area contributed by atoms with Crippen molar-refractivity contribution in [3.05, 3.63) is 23.4 Å². The highest BCUT2D eigenvalue weighted by atomic mass is 16.6. The first kappa shape index (κ1) is 12.1. The minimum Gasteiger partial charge on any atom is -0.387 e. The fourth-order valence-electron chi connectivity index (χ4n) is 2.72. The third kappa shape index (κ3) is 1.49. The van der Waals surface area contributed by atoms with Crippen molar-refractivity contribution in [3.63, 3.8) is 0 Å². The lowest BCUT2D eigenvalue weighted by Crippen LogP contribution is -2.50. The number of ether oxygens (including phenoxy) is 1. The predicted molar refractivity (Wildman–Crippen MR) is 62.6 cm³/mol. The Bertz CT molecular complexity index is 561. The summed E-state index contributed by atoms with van der Waals surface area (Å²) < 4.78 is 4.59. The molecule has 100 valence electrons. The Morgan fingerprint density at radius 3 is 2.89 bits per heavy atom. The van der Waals surface area contributed by atoms with Crippen LogP contribution in [0.25, 0.3) is 0 Å². The number of hydrogen-bond donors (Lipinski definition) is 1. The molecule has 3 aliphatic heterocycles. The summed E-state index contributed by atoms with van der Waals surface area (Å²) in [5.41, 5.74) is -1.48. The van der Waals surface area contributed by atoms with E-state index >= 15 is 0 Å². The predicted octanol–water partition coefficient (Wildman–Crippen LogP) is -0.322. The molecule has 2 fully saturated rings. The van der Waals surface area contributed by atoms with Gasteiger partial charge < -0.3 is 14.7 Å². The third-order valence-electron chi connectivity index (χ3n) is 3.91. The maximum atomic E-state index is 11.7. The summed E-state index contributed by atoms with van der Waals surface area (Å²) in [6.07, 6.45) is 3.52. The van der Waals surface area contributed by atoms with E-state index in [4.69, 9.17) is 0 Å². The number of esters is 2. The second-order valence-electron chi connectivity index (χ2n) is 4.91. The molecule has 0 aromatic carbocycles. The van der Waals surface area contributed by atoms with E-state index in [1.165, 1.54) is 12.3 Å². The van der Waals surface area contributed by atoms with Gasteiger partial charge in [0.15, 0.2) is 11.4 Å². The van der Waals surface area contributed by atoms with Crippen LogP contribution >= 0.6 is 0 Å². The van der Waals surface area contributed by atoms with Crippen molar-refractivity contribution in [2.24, 2.45) is 0 Å². The van der Waals surface area contributed by atoms with Gasteiger partial charge in [0.1, 0.15) is 6.04 Å². The molecule has 0 aromatic heterocycles. The molecule has 0 radical (unpaired) electrons. The summed E-state index contributed by atoms with van der Waals surface area (Å²) in [7, 11) is 0. The van der Waals surface area contributed by atoms with Crippen molar-refractivity contribution >= 4 is 17.7 Å². The van der Waals surface area contributed by atoms with Crippen molar-refractivity contribution in [1.29, 1.82) is 0 Å². The molecule has 0 amide bonds. The zero-order valence-corrected chi connectivity index (χ0v) is 10.4. The SMILES string of the molecule is CC[C@@]1(O)C(=O)OC(=O)C2=CN3CCC(=O)C3C=C21. The monoisotopic (exact) mass is 263 g/mol. The summed E-state index contributed by atoms with van der Waals surface area (Å²) in [4.78, 5) is 36.9. The van der Waals surface area contributed by atoms with Gasteiger partial charge in [0.2, 0.25) is 0 Å². The average molecular weight is 263 g/mol. The van der Waals surface area contributed by atoms with Crippen molar-refractivity contribution < 1.29 is 24.2 Å². The second kappa shape index (κ2) is 3.77. The van der Waals surface area contributed by atoms with Gasteiger partial charge in [0.05, 0.1) is 5.57 Å². The van der Waals surface area contributed by atoms with Crippen LogP contribution in [0.3, 0.4) is 0 Å². The molecule has 3 heterocycles. The van der Waals surface area contributed by atoms with Gasteiger partial charge in [-0.05, 0) is 12.5 Å². The Hall–Kier alpha value is -1.95. The molecule has 6 heteroatoms. The number of Topliss-reactive ketones (excluding diaryl/α,β-unsaturated/α-hetero) is 1. The van der Waals surface area contributed by atoms with E-state index in [0.717, 1.165) is 0 Å². The highest BCUT2D eigenvalue weighted by Crippen LogP contribution is 2.38. The fourth-order valence-corrected chi connectivity index (χ4v) is 2.72. The van der Waals surface area contributed by atoms with Crippen LogP contribution in [0.5, 0.6) is 0 Å². The van der Waals surface area contributed by atoms with E-state index in [1.807, 2.05) is 0 Å². The maximum Gasteiger partial charge on any atom is 0.350 e. The lowest BCUT2D eigenvalue weighted by molar-refractivity contribution is -0.173. The van der Waals surface area contributed by atoms with Gasteiger partial charge in [-0.1, -0.05) is 6.92 Å². The maximum absolute atomic E-state index is 11.7. The van der Waals surface area contributed by atoms with E-state index in [0.29, 0.717) is 13.0 Å². The van der Waals surface area contributed by atoms with E-state index in [-0.39, 0.29) is 23.4 Å². The first-order valence-corrected chi connectivity index (χ1v) is 6.19. The minimum atomic E-state index is -1.84. The standard InChI is InChI=1S/C13H13NO5/c1-2-13(18)8-5-9-10(15)3-4-14(9)6-7(8)11(16)19-12(13)17/h5-6,9,18H,2-4H2,1H3/t9?,13-/m0/s1. The molecule has 0 aliphatic carbocycles. The number of aliphatic hydroxyl groups is 1. The van der Waals surface area contributed by atoms with Crippen molar-refractivity contribution in [2.75, 3.05) is 6.54 Å². The summed E-state index contributed by atoms with van der Waals surface area (Å²) in [6, 6.07) is -0.490. The van der Waals surface area contributed by atoms with Crippen LogP contribution in [0, 0.1) is 0 Å². The molecule has 2 saturated heterocycles. The largest absolute Gasteiger partial charge is 0.387 e. The third-order valence-corrected chi connectivity index (χ3v) is 3.91. The Balaban J connectivity index is 2.13. The Morgan fingerprint density at radius 1 is 1.47 bits per heavy atom. The van der Waals surface area contributed by atoms with Gasteiger partial charge in [-0.3, -0.25) is 4.79 Å². The molecule has 1 unspecified atom stereocenters. The number of nitrogens with zero attached hydrogens (tertiary/aromatic N) is 1. The number of carbonyl (C=O) groups excluding carboxylic acids is 3. The van der Waals surface area contributed by atoms with E-state index in [2.05, 4.69) is 4.74 Å². The van der Waals surface area contributed by atoms with Crippen LogP contribution in [0.4, 0.5) is 0 Å². The molecule has 0 saturated carbocycles. The fraction of sp³-hybridized carbons (Fsp3) is 0.462. The quantitative estimate of drug-likeness (QED) is 0.515. The highest BCUT2D eigenvalue weighted by Gasteiger charge is 2.51. The first-order valence-electron chi connectivity index (χ1n) is 6.19. The van der Waals surface area contributed by atoms with Gasteiger partial charge in [0, 0.05) is 24.7 Å². The molecule has 6 nitrogen and oxygen atoms in total. The number of ketones is 1. The molecule has 19 heavy (non-hydrogen) atoms. The van der Waals surface area contributed by atoms with Crippen LogP contribution in [0.15, 0.2) is 23.4 Å². The second-order valence-corrected chi connectivity index (χ2v) is 4.91. The minimum absolute atomic E-state index is 0.0210. The molecule has 2 atom stereocenters. The van der Waals surface area contributed by atoms with E-state index < -0.39 is 23.6 Å². The van der Waals surface area contributed by atoms with Crippen molar-refractivity contribution in [2.45, 2.75) is 31.4 Å². The first-order chi connectivity index (χ1) is 8.97. The molecular weight excluding hydrogens is 250 g/mol. The molecule has 3 rings (SSSR count). The van der Waals surface area contributed by atoms with E-state index in [1.54, 1.807) is 11.8 Å². The zero-order chi connectivity index (χ0) is 13.8.